The summed E-state index contributed by atoms with van der Waals surface area (Å²) in [6.07, 6.45) is 3.21. The van der Waals surface area contributed by atoms with E-state index in [1.54, 1.807) is 35.3 Å². The molecule has 0 saturated heterocycles. The van der Waals surface area contributed by atoms with E-state index in [-0.39, 0.29) is 6.42 Å². The maximum atomic E-state index is 11.3. The summed E-state index contributed by atoms with van der Waals surface area (Å²) in [4.78, 5) is 25.9. The molecule has 7 nitrogen and oxygen atoms in total. The Morgan fingerprint density at radius 1 is 1.21 bits per heavy atom. The fourth-order valence-electron chi connectivity index (χ4n) is 2.23. The summed E-state index contributed by atoms with van der Waals surface area (Å²) in [5.74, 6) is -2.25. The largest absolute Gasteiger partial charge is 0.480 e. The van der Waals surface area contributed by atoms with Gasteiger partial charge in [-0.05, 0) is 23.8 Å². The molecule has 0 amide bonds. The molecule has 1 aromatic carbocycles. The number of benzene rings is 1. The third-order valence-corrected chi connectivity index (χ3v) is 3.72. The van der Waals surface area contributed by atoms with Gasteiger partial charge >= 0.3 is 11.9 Å². The average molecular weight is 372 g/mol. The molecular formula is C15H15Cl2N3O4. The van der Waals surface area contributed by atoms with Crippen LogP contribution >= 0.6 is 23.2 Å². The van der Waals surface area contributed by atoms with Gasteiger partial charge in [-0.2, -0.15) is 0 Å². The van der Waals surface area contributed by atoms with Crippen LogP contribution in [-0.4, -0.2) is 44.3 Å². The summed E-state index contributed by atoms with van der Waals surface area (Å²) in [5, 5.41) is 21.4. The number of halogens is 2. The summed E-state index contributed by atoms with van der Waals surface area (Å²) >= 11 is 11.9. The molecule has 0 aliphatic heterocycles. The van der Waals surface area contributed by atoms with E-state index in [0.29, 0.717) is 22.3 Å². The lowest BCUT2D eigenvalue weighted by Crippen LogP contribution is -2.41. The van der Waals surface area contributed by atoms with Crippen LogP contribution in [0, 0.1) is 0 Å². The minimum absolute atomic E-state index is 0.0942. The van der Waals surface area contributed by atoms with Crippen molar-refractivity contribution < 1.29 is 19.8 Å². The molecule has 2 aromatic rings. The van der Waals surface area contributed by atoms with E-state index in [9.17, 15) is 14.7 Å². The monoisotopic (exact) mass is 371 g/mol. The number of aliphatic carboxylic acids is 2. The lowest BCUT2D eigenvalue weighted by atomic mass is 10.1. The molecule has 0 saturated carbocycles. The highest BCUT2D eigenvalue weighted by molar-refractivity contribution is 6.34. The second kappa shape index (κ2) is 8.14. The van der Waals surface area contributed by atoms with Gasteiger partial charge in [0.25, 0.3) is 0 Å². The normalized spacial score (nSPS) is 12.1. The van der Waals surface area contributed by atoms with Crippen LogP contribution in [0.2, 0.25) is 10.0 Å². The van der Waals surface area contributed by atoms with Crippen molar-refractivity contribution in [3.05, 3.63) is 52.0 Å². The molecule has 0 bridgehead atoms. The summed E-state index contributed by atoms with van der Waals surface area (Å²) < 4.78 is 1.76. The topological polar surface area (TPSA) is 104 Å². The van der Waals surface area contributed by atoms with Crippen LogP contribution in [0.1, 0.15) is 11.3 Å². The van der Waals surface area contributed by atoms with E-state index in [2.05, 4.69) is 10.3 Å². The zero-order chi connectivity index (χ0) is 17.7. The first kappa shape index (κ1) is 18.3. The van der Waals surface area contributed by atoms with Crippen LogP contribution in [-0.2, 0) is 22.6 Å². The fourth-order valence-corrected chi connectivity index (χ4v) is 2.80. The Labute approximate surface area is 147 Å². The van der Waals surface area contributed by atoms with Gasteiger partial charge in [-0.3, -0.25) is 14.9 Å². The lowest BCUT2D eigenvalue weighted by molar-refractivity contribution is -0.140. The highest BCUT2D eigenvalue weighted by Gasteiger charge is 2.20. The number of carbonyl (C=O) groups is 2. The van der Waals surface area contributed by atoms with Crippen molar-refractivity contribution >= 4 is 35.1 Å². The highest BCUT2D eigenvalue weighted by Crippen LogP contribution is 2.20. The predicted octanol–water partition coefficient (Wildman–Crippen LogP) is 1.91. The van der Waals surface area contributed by atoms with Gasteiger partial charge in [-0.15, -0.1) is 0 Å². The molecule has 0 radical (unpaired) electrons. The first-order chi connectivity index (χ1) is 11.3. The molecule has 0 fully saturated rings. The Hall–Kier alpha value is -2.09. The Balaban J connectivity index is 2.13. The molecular weight excluding hydrogens is 357 g/mol. The molecule has 1 aromatic heterocycles. The number of imidazole rings is 1. The molecule has 0 aliphatic rings. The minimum atomic E-state index is -1.13. The van der Waals surface area contributed by atoms with Gasteiger partial charge in [-0.25, -0.2) is 4.98 Å². The summed E-state index contributed by atoms with van der Waals surface area (Å²) in [6, 6.07) is 4.11. The minimum Gasteiger partial charge on any atom is -0.480 e. The van der Waals surface area contributed by atoms with E-state index in [4.69, 9.17) is 28.3 Å². The van der Waals surface area contributed by atoms with Crippen molar-refractivity contribution in [2.75, 3.05) is 6.54 Å². The van der Waals surface area contributed by atoms with Gasteiger partial charge in [0.2, 0.25) is 0 Å². The van der Waals surface area contributed by atoms with E-state index in [1.165, 1.54) is 0 Å². The number of carboxylic acid groups (broad SMARTS) is 2. The number of nitrogens with zero attached hydrogens (tertiary/aromatic N) is 2. The predicted molar refractivity (Wildman–Crippen MR) is 88.6 cm³/mol. The van der Waals surface area contributed by atoms with Gasteiger partial charge in [-0.1, -0.05) is 23.2 Å². The van der Waals surface area contributed by atoms with Crippen molar-refractivity contribution in [3.63, 3.8) is 0 Å². The van der Waals surface area contributed by atoms with Gasteiger partial charge in [0.05, 0.1) is 12.9 Å². The van der Waals surface area contributed by atoms with Gasteiger partial charge in [0, 0.05) is 34.9 Å². The van der Waals surface area contributed by atoms with Gasteiger partial charge in [0.1, 0.15) is 6.04 Å². The third-order valence-electron chi connectivity index (χ3n) is 3.28. The second-order valence-corrected chi connectivity index (χ2v) is 6.03. The molecule has 24 heavy (non-hydrogen) atoms. The molecule has 1 heterocycles. The van der Waals surface area contributed by atoms with Crippen LogP contribution in [0.3, 0.4) is 0 Å². The zero-order valence-corrected chi connectivity index (χ0v) is 14.0. The average Bonchev–Trinajstić information content (AvgIpc) is 2.88. The number of carboxylic acids is 2. The zero-order valence-electron chi connectivity index (χ0n) is 12.4. The van der Waals surface area contributed by atoms with Crippen LogP contribution < -0.4 is 5.32 Å². The lowest BCUT2D eigenvalue weighted by Gasteiger charge is -2.15. The molecule has 9 heteroatoms. The molecule has 0 spiro atoms. The smallest absolute Gasteiger partial charge is 0.321 e. The summed E-state index contributed by atoms with van der Waals surface area (Å²) in [6.45, 7) is -0.0180. The van der Waals surface area contributed by atoms with E-state index >= 15 is 0 Å². The maximum Gasteiger partial charge on any atom is 0.321 e. The van der Waals surface area contributed by atoms with Crippen LogP contribution in [0.15, 0.2) is 30.7 Å². The number of rotatable bonds is 8. The highest BCUT2D eigenvalue weighted by atomic mass is 35.5. The fraction of sp³-hybridized carbons (Fsp3) is 0.267. The standard InChI is InChI=1S/C15H15Cl2N3O4/c16-10-1-9(2-11(17)3-10)7-20-8-18-5-12(20)4-13(15(23)24)19-6-14(21)22/h1-3,5,8,13,19H,4,6-7H2,(H,21,22)(H,23,24). The molecule has 2 rings (SSSR count). The quantitative estimate of drug-likeness (QED) is 0.654. The third kappa shape index (κ3) is 5.23. The molecule has 1 atom stereocenters. The Kier molecular flexibility index (Phi) is 6.19. The molecule has 0 aliphatic carbocycles. The SMILES string of the molecule is O=C(O)CNC(Cc1cncn1Cc1cc(Cl)cc(Cl)c1)C(=O)O. The van der Waals surface area contributed by atoms with Crippen molar-refractivity contribution in [1.82, 2.24) is 14.9 Å². The van der Waals surface area contributed by atoms with Gasteiger partial charge in [0.15, 0.2) is 0 Å². The second-order valence-electron chi connectivity index (χ2n) is 5.16. The number of aromatic nitrogens is 2. The van der Waals surface area contributed by atoms with Crippen molar-refractivity contribution in [3.8, 4) is 0 Å². The first-order valence-electron chi connectivity index (χ1n) is 6.97. The number of hydrogen-bond donors (Lipinski definition) is 3. The Bertz CT molecular complexity index is 728. The molecule has 3 N–H and O–H groups in total. The molecule has 128 valence electrons. The van der Waals surface area contributed by atoms with Crippen LogP contribution in [0.25, 0.3) is 0 Å². The summed E-state index contributed by atoms with van der Waals surface area (Å²) in [7, 11) is 0. The Morgan fingerprint density at radius 3 is 2.46 bits per heavy atom. The maximum absolute atomic E-state index is 11.3. The number of hydrogen-bond acceptors (Lipinski definition) is 4. The first-order valence-corrected chi connectivity index (χ1v) is 7.72. The Morgan fingerprint density at radius 2 is 1.88 bits per heavy atom. The van der Waals surface area contributed by atoms with Crippen molar-refractivity contribution in [2.45, 2.75) is 19.0 Å². The van der Waals surface area contributed by atoms with Crippen molar-refractivity contribution in [1.29, 1.82) is 0 Å². The van der Waals surface area contributed by atoms with E-state index < -0.39 is 24.5 Å². The van der Waals surface area contributed by atoms with Crippen LogP contribution in [0.5, 0.6) is 0 Å². The molecule has 1 unspecified atom stereocenters. The van der Waals surface area contributed by atoms with Gasteiger partial charge < -0.3 is 14.8 Å². The summed E-state index contributed by atoms with van der Waals surface area (Å²) in [5.41, 5.74) is 1.49. The van der Waals surface area contributed by atoms with Crippen molar-refractivity contribution in [2.24, 2.45) is 0 Å². The van der Waals surface area contributed by atoms with E-state index in [0.717, 1.165) is 5.56 Å². The van der Waals surface area contributed by atoms with E-state index in [1.807, 2.05) is 0 Å². The van der Waals surface area contributed by atoms with Crippen LogP contribution in [0.4, 0.5) is 0 Å². The number of nitrogens with one attached hydrogen (secondary N) is 1.